The lowest BCUT2D eigenvalue weighted by Crippen LogP contribution is -2.54. The zero-order valence-corrected chi connectivity index (χ0v) is 19.2. The normalized spacial score (nSPS) is 29.3. The summed E-state index contributed by atoms with van der Waals surface area (Å²) in [5.74, 6) is -3.63. The van der Waals surface area contributed by atoms with E-state index in [1.807, 2.05) is 79.4 Å². The van der Waals surface area contributed by atoms with Crippen molar-refractivity contribution < 1.29 is 28.6 Å². The SMILES string of the molecule is COC(=O)[C@@H]1[C@H](C(=O)OC)[C@@H](C(C)C)N2[C@@H]1C(=O)O[C@H](c1ccccc1)[C@@H]2c1ccccc1. The van der Waals surface area contributed by atoms with E-state index in [2.05, 4.69) is 0 Å². The summed E-state index contributed by atoms with van der Waals surface area (Å²) in [4.78, 5) is 41.4. The smallest absolute Gasteiger partial charge is 0.325 e. The third kappa shape index (κ3) is 3.91. The number of methoxy groups -OCH3 is 2. The first-order valence-electron chi connectivity index (χ1n) is 11.1. The maximum atomic E-state index is 13.5. The van der Waals surface area contributed by atoms with Gasteiger partial charge in [-0.1, -0.05) is 74.5 Å². The molecule has 0 radical (unpaired) electrons. The van der Waals surface area contributed by atoms with Gasteiger partial charge in [0.1, 0.15) is 12.1 Å². The molecule has 0 N–H and O–H groups in total. The van der Waals surface area contributed by atoms with Gasteiger partial charge in [0.05, 0.1) is 32.1 Å². The molecule has 174 valence electrons. The van der Waals surface area contributed by atoms with Crippen LogP contribution >= 0.6 is 0 Å². The van der Waals surface area contributed by atoms with Gasteiger partial charge in [-0.15, -0.1) is 0 Å². The molecule has 6 atom stereocenters. The molecule has 2 aliphatic heterocycles. The molecule has 0 aliphatic carbocycles. The summed E-state index contributed by atoms with van der Waals surface area (Å²) in [5, 5.41) is 0. The van der Waals surface area contributed by atoms with Gasteiger partial charge in [0.25, 0.3) is 0 Å². The standard InChI is InChI=1S/C26H29NO6/c1-15(2)20-18(24(28)31-3)19(25(29)32-4)22-26(30)33-23(17-13-9-6-10-14-17)21(27(20)22)16-11-7-5-8-12-16/h5-15,18-23H,1-4H3/t18-,19+,20+,21-,22-,23+/m0/s1. The fourth-order valence-electron chi connectivity index (χ4n) is 5.49. The lowest BCUT2D eigenvalue weighted by atomic mass is 9.83. The van der Waals surface area contributed by atoms with Crippen LogP contribution in [0.5, 0.6) is 0 Å². The molecule has 2 aromatic rings. The molecule has 0 spiro atoms. The van der Waals surface area contributed by atoms with Crippen LogP contribution in [-0.2, 0) is 28.6 Å². The molecular formula is C26H29NO6. The van der Waals surface area contributed by atoms with Crippen molar-refractivity contribution in [2.75, 3.05) is 14.2 Å². The number of ether oxygens (including phenoxy) is 3. The van der Waals surface area contributed by atoms with Crippen LogP contribution in [-0.4, -0.2) is 49.1 Å². The second-order valence-corrected chi connectivity index (χ2v) is 8.85. The van der Waals surface area contributed by atoms with Gasteiger partial charge in [-0.05, 0) is 17.0 Å². The highest BCUT2D eigenvalue weighted by Crippen LogP contribution is 2.52. The second-order valence-electron chi connectivity index (χ2n) is 8.85. The van der Waals surface area contributed by atoms with E-state index in [9.17, 15) is 14.4 Å². The first-order valence-corrected chi connectivity index (χ1v) is 11.1. The van der Waals surface area contributed by atoms with E-state index in [1.54, 1.807) is 0 Å². The number of cyclic esters (lactones) is 1. The van der Waals surface area contributed by atoms with E-state index in [0.717, 1.165) is 11.1 Å². The summed E-state index contributed by atoms with van der Waals surface area (Å²) in [6, 6.07) is 17.5. The van der Waals surface area contributed by atoms with E-state index in [0.29, 0.717) is 0 Å². The van der Waals surface area contributed by atoms with E-state index < -0.39 is 54.0 Å². The third-order valence-corrected chi connectivity index (χ3v) is 6.75. The predicted molar refractivity (Wildman–Crippen MR) is 120 cm³/mol. The molecule has 0 unspecified atom stereocenters. The van der Waals surface area contributed by atoms with Gasteiger partial charge >= 0.3 is 17.9 Å². The predicted octanol–water partition coefficient (Wildman–Crippen LogP) is 3.31. The number of hydrogen-bond donors (Lipinski definition) is 0. The minimum atomic E-state index is -1.02. The summed E-state index contributed by atoms with van der Waals surface area (Å²) in [6.45, 7) is 3.97. The molecular weight excluding hydrogens is 422 g/mol. The zero-order valence-electron chi connectivity index (χ0n) is 19.2. The van der Waals surface area contributed by atoms with Crippen molar-refractivity contribution in [1.29, 1.82) is 0 Å². The molecule has 7 nitrogen and oxygen atoms in total. The maximum absolute atomic E-state index is 13.5. The van der Waals surface area contributed by atoms with Crippen molar-refractivity contribution in [2.45, 2.75) is 38.1 Å². The number of esters is 3. The Morgan fingerprint density at radius 1 is 0.818 bits per heavy atom. The fourth-order valence-corrected chi connectivity index (χ4v) is 5.49. The molecule has 2 heterocycles. The van der Waals surface area contributed by atoms with E-state index in [4.69, 9.17) is 14.2 Å². The number of rotatable bonds is 5. The molecule has 2 saturated heterocycles. The Kier molecular flexibility index (Phi) is 6.51. The minimum absolute atomic E-state index is 0.0557. The van der Waals surface area contributed by atoms with Crippen LogP contribution in [0.15, 0.2) is 60.7 Å². The molecule has 2 aromatic carbocycles. The number of benzene rings is 2. The van der Waals surface area contributed by atoms with Crippen molar-refractivity contribution in [3.05, 3.63) is 71.8 Å². The van der Waals surface area contributed by atoms with Gasteiger partial charge in [-0.3, -0.25) is 19.3 Å². The van der Waals surface area contributed by atoms with E-state index >= 15 is 0 Å². The lowest BCUT2D eigenvalue weighted by Gasteiger charge is -2.46. The molecule has 0 amide bonds. The molecule has 0 saturated carbocycles. The van der Waals surface area contributed by atoms with E-state index in [-0.39, 0.29) is 5.92 Å². The van der Waals surface area contributed by atoms with Crippen LogP contribution in [0.2, 0.25) is 0 Å². The number of carbonyl (C=O) groups is 3. The Bertz CT molecular complexity index is 1010. The third-order valence-electron chi connectivity index (χ3n) is 6.75. The van der Waals surface area contributed by atoms with Gasteiger partial charge in [0, 0.05) is 6.04 Å². The molecule has 2 aliphatic rings. The zero-order chi connectivity index (χ0) is 23.7. The van der Waals surface area contributed by atoms with Crippen LogP contribution in [0.25, 0.3) is 0 Å². The molecule has 2 fully saturated rings. The van der Waals surface area contributed by atoms with E-state index in [1.165, 1.54) is 14.2 Å². The average Bonchev–Trinajstić information content (AvgIpc) is 3.21. The minimum Gasteiger partial charge on any atom is -0.469 e. The Morgan fingerprint density at radius 3 is 1.85 bits per heavy atom. The summed E-state index contributed by atoms with van der Waals surface area (Å²) < 4.78 is 16.2. The average molecular weight is 452 g/mol. The molecule has 0 aromatic heterocycles. The largest absolute Gasteiger partial charge is 0.469 e. The Hall–Kier alpha value is -3.19. The summed E-state index contributed by atoms with van der Waals surface area (Å²) in [7, 11) is 2.56. The second kappa shape index (κ2) is 9.35. The van der Waals surface area contributed by atoms with Crippen LogP contribution in [0, 0.1) is 17.8 Å². The highest BCUT2D eigenvalue weighted by molar-refractivity contribution is 5.91. The summed E-state index contributed by atoms with van der Waals surface area (Å²) >= 11 is 0. The maximum Gasteiger partial charge on any atom is 0.325 e. The monoisotopic (exact) mass is 451 g/mol. The van der Waals surface area contributed by atoms with Gasteiger partial charge in [-0.2, -0.15) is 0 Å². The summed E-state index contributed by atoms with van der Waals surface area (Å²) in [5.41, 5.74) is 1.78. The highest BCUT2D eigenvalue weighted by atomic mass is 16.6. The number of hydrogen-bond acceptors (Lipinski definition) is 7. The van der Waals surface area contributed by atoms with Crippen molar-refractivity contribution in [3.8, 4) is 0 Å². The molecule has 7 heteroatoms. The number of carbonyl (C=O) groups excluding carboxylic acids is 3. The first kappa shape index (κ1) is 23.0. The van der Waals surface area contributed by atoms with Crippen LogP contribution in [0.4, 0.5) is 0 Å². The number of fused-ring (bicyclic) bond motifs is 1. The molecule has 0 bridgehead atoms. The van der Waals surface area contributed by atoms with Crippen LogP contribution < -0.4 is 0 Å². The quantitative estimate of drug-likeness (QED) is 0.510. The van der Waals surface area contributed by atoms with Gasteiger partial charge < -0.3 is 14.2 Å². The summed E-state index contributed by atoms with van der Waals surface area (Å²) in [6.07, 6.45) is -0.603. The Morgan fingerprint density at radius 2 is 1.33 bits per heavy atom. The van der Waals surface area contributed by atoms with Crippen molar-refractivity contribution in [1.82, 2.24) is 4.90 Å². The number of nitrogens with zero attached hydrogens (tertiary/aromatic N) is 1. The van der Waals surface area contributed by atoms with Crippen molar-refractivity contribution in [3.63, 3.8) is 0 Å². The lowest BCUT2D eigenvalue weighted by molar-refractivity contribution is -0.180. The van der Waals surface area contributed by atoms with Gasteiger partial charge in [0.2, 0.25) is 0 Å². The number of morpholine rings is 1. The van der Waals surface area contributed by atoms with Crippen molar-refractivity contribution in [2.24, 2.45) is 17.8 Å². The first-order chi connectivity index (χ1) is 15.9. The highest BCUT2D eigenvalue weighted by Gasteiger charge is 2.64. The molecule has 33 heavy (non-hydrogen) atoms. The van der Waals surface area contributed by atoms with Crippen LogP contribution in [0.1, 0.15) is 37.1 Å². The van der Waals surface area contributed by atoms with Gasteiger partial charge in [0.15, 0.2) is 0 Å². The van der Waals surface area contributed by atoms with Crippen molar-refractivity contribution >= 4 is 17.9 Å². The van der Waals surface area contributed by atoms with Crippen LogP contribution in [0.3, 0.4) is 0 Å². The Labute approximate surface area is 193 Å². The fraction of sp³-hybridized carbons (Fsp3) is 0.423. The van der Waals surface area contributed by atoms with Gasteiger partial charge in [-0.25, -0.2) is 0 Å². The Balaban J connectivity index is 1.93. The topological polar surface area (TPSA) is 82.1 Å². The molecule has 4 rings (SSSR count).